The molecule has 0 radical (unpaired) electrons. The molecule has 0 fully saturated rings. The van der Waals surface area contributed by atoms with E-state index in [1.165, 1.54) is 25.8 Å². The van der Waals surface area contributed by atoms with Crippen LogP contribution in [0.4, 0.5) is 0 Å². The predicted octanol–water partition coefficient (Wildman–Crippen LogP) is 2.67. The minimum Gasteiger partial charge on any atom is -0.465 e. The summed E-state index contributed by atoms with van der Waals surface area (Å²) in [5, 5.41) is 0. The first-order valence-electron chi connectivity index (χ1n) is 6.53. The molecule has 0 amide bonds. The van der Waals surface area contributed by atoms with Gasteiger partial charge in [0.25, 0.3) is 0 Å². The zero-order chi connectivity index (χ0) is 13.2. The van der Waals surface area contributed by atoms with Gasteiger partial charge in [0.15, 0.2) is 0 Å². The Balaban J connectivity index is 1.89. The van der Waals surface area contributed by atoms with Crippen molar-refractivity contribution >= 4 is 5.97 Å². The van der Waals surface area contributed by atoms with Gasteiger partial charge in [-0.05, 0) is 25.0 Å². The molecule has 98 valence electrons. The Hall–Kier alpha value is -2.10. The molecule has 4 nitrogen and oxygen atoms in total. The third-order valence-corrected chi connectivity index (χ3v) is 3.51. The molecule has 4 heteroatoms. The van der Waals surface area contributed by atoms with E-state index in [0.29, 0.717) is 5.56 Å². The first-order valence-corrected chi connectivity index (χ1v) is 6.53. The van der Waals surface area contributed by atoms with Gasteiger partial charge < -0.3 is 9.30 Å². The number of ether oxygens (including phenoxy) is 1. The van der Waals surface area contributed by atoms with E-state index in [9.17, 15) is 4.79 Å². The fraction of sp³-hybridized carbons (Fsp3) is 0.333. The van der Waals surface area contributed by atoms with Crippen LogP contribution in [0.5, 0.6) is 0 Å². The van der Waals surface area contributed by atoms with Gasteiger partial charge in [-0.15, -0.1) is 0 Å². The molecule has 2 aromatic rings. The number of benzene rings is 1. The number of carbonyl (C=O) groups excluding carboxylic acids is 1. The third kappa shape index (κ3) is 2.26. The molecule has 0 atom stereocenters. The van der Waals surface area contributed by atoms with Crippen LogP contribution < -0.4 is 0 Å². The van der Waals surface area contributed by atoms with Crippen molar-refractivity contribution in [2.45, 2.75) is 25.8 Å². The Morgan fingerprint density at radius 2 is 2.05 bits per heavy atom. The number of esters is 1. The largest absolute Gasteiger partial charge is 0.465 e. The maximum atomic E-state index is 11.4. The van der Waals surface area contributed by atoms with Crippen molar-refractivity contribution in [2.24, 2.45) is 0 Å². The highest BCUT2D eigenvalue weighted by atomic mass is 16.5. The molecule has 3 rings (SSSR count). The van der Waals surface area contributed by atoms with Crippen LogP contribution in [0.2, 0.25) is 0 Å². The number of hydrogen-bond donors (Lipinski definition) is 0. The summed E-state index contributed by atoms with van der Waals surface area (Å²) in [7, 11) is 1.39. The maximum Gasteiger partial charge on any atom is 0.337 e. The van der Waals surface area contributed by atoms with Gasteiger partial charge in [-0.3, -0.25) is 0 Å². The smallest absolute Gasteiger partial charge is 0.337 e. The van der Waals surface area contributed by atoms with Gasteiger partial charge >= 0.3 is 5.97 Å². The number of nitrogens with zero attached hydrogens (tertiary/aromatic N) is 2. The van der Waals surface area contributed by atoms with E-state index in [1.807, 2.05) is 12.1 Å². The normalized spacial score (nSPS) is 13.9. The highest BCUT2D eigenvalue weighted by Gasteiger charge is 2.13. The summed E-state index contributed by atoms with van der Waals surface area (Å²) in [6.07, 6.45) is 5.60. The number of aryl methyl sites for hydroxylation is 2. The summed E-state index contributed by atoms with van der Waals surface area (Å²) >= 11 is 0. The van der Waals surface area contributed by atoms with E-state index in [-0.39, 0.29) is 5.97 Å². The van der Waals surface area contributed by atoms with Gasteiger partial charge in [0.1, 0.15) is 5.82 Å². The second kappa shape index (κ2) is 4.88. The second-order valence-electron chi connectivity index (χ2n) is 4.76. The molecule has 2 heterocycles. The molecular weight excluding hydrogens is 240 g/mol. The quantitative estimate of drug-likeness (QED) is 0.776. The number of methoxy groups -OCH3 is 1. The lowest BCUT2D eigenvalue weighted by Crippen LogP contribution is -2.08. The summed E-state index contributed by atoms with van der Waals surface area (Å²) in [4.78, 5) is 16.0. The highest BCUT2D eigenvalue weighted by molar-refractivity contribution is 5.89. The summed E-state index contributed by atoms with van der Waals surface area (Å²) < 4.78 is 6.92. The standard InChI is InChI=1S/C15H16N2O2/c1-19-15(18)12-7-5-11(6-8-12)13-10-17-9-3-2-4-14(17)16-13/h5-8,10H,2-4,9H2,1H3. The Labute approximate surface area is 112 Å². The molecule has 0 bridgehead atoms. The summed E-state index contributed by atoms with van der Waals surface area (Å²) in [6.45, 7) is 1.06. The Bertz CT molecular complexity index is 576. The van der Waals surface area contributed by atoms with Crippen molar-refractivity contribution in [1.82, 2.24) is 9.55 Å². The van der Waals surface area contributed by atoms with E-state index in [4.69, 9.17) is 0 Å². The van der Waals surface area contributed by atoms with Gasteiger partial charge in [-0.2, -0.15) is 0 Å². The summed E-state index contributed by atoms with van der Waals surface area (Å²) in [6, 6.07) is 7.39. The molecule has 19 heavy (non-hydrogen) atoms. The van der Waals surface area contributed by atoms with Crippen LogP contribution >= 0.6 is 0 Å². The predicted molar refractivity (Wildman–Crippen MR) is 71.9 cm³/mol. The average Bonchev–Trinajstić information content (AvgIpc) is 2.90. The first kappa shape index (κ1) is 12.0. The number of aromatic nitrogens is 2. The van der Waals surface area contributed by atoms with E-state index in [1.54, 1.807) is 12.1 Å². The van der Waals surface area contributed by atoms with E-state index in [2.05, 4.69) is 20.5 Å². The van der Waals surface area contributed by atoms with Gasteiger partial charge in [0, 0.05) is 24.7 Å². The Morgan fingerprint density at radius 3 is 2.74 bits per heavy atom. The maximum absolute atomic E-state index is 11.4. The van der Waals surface area contributed by atoms with Crippen molar-refractivity contribution in [3.63, 3.8) is 0 Å². The van der Waals surface area contributed by atoms with Gasteiger partial charge in [-0.1, -0.05) is 12.1 Å². The van der Waals surface area contributed by atoms with Crippen LogP contribution in [0.15, 0.2) is 30.5 Å². The second-order valence-corrected chi connectivity index (χ2v) is 4.76. The van der Waals surface area contributed by atoms with Gasteiger partial charge in [-0.25, -0.2) is 9.78 Å². The lowest BCUT2D eigenvalue weighted by atomic mass is 10.1. The lowest BCUT2D eigenvalue weighted by molar-refractivity contribution is 0.0601. The zero-order valence-corrected chi connectivity index (χ0v) is 10.9. The van der Waals surface area contributed by atoms with Crippen molar-refractivity contribution < 1.29 is 9.53 Å². The van der Waals surface area contributed by atoms with Crippen LogP contribution in [0.25, 0.3) is 11.3 Å². The first-order chi connectivity index (χ1) is 9.28. The number of imidazole rings is 1. The highest BCUT2D eigenvalue weighted by Crippen LogP contribution is 2.23. The van der Waals surface area contributed by atoms with E-state index >= 15 is 0 Å². The van der Waals surface area contributed by atoms with Gasteiger partial charge in [0.2, 0.25) is 0 Å². The lowest BCUT2D eigenvalue weighted by Gasteiger charge is -2.11. The van der Waals surface area contributed by atoms with Crippen LogP contribution in [-0.2, 0) is 17.7 Å². The van der Waals surface area contributed by atoms with Crippen molar-refractivity contribution in [3.8, 4) is 11.3 Å². The fourth-order valence-corrected chi connectivity index (χ4v) is 2.45. The molecule has 1 aliphatic rings. The summed E-state index contributed by atoms with van der Waals surface area (Å²) in [5.74, 6) is 0.856. The van der Waals surface area contributed by atoms with E-state index in [0.717, 1.165) is 24.2 Å². The molecular formula is C15H16N2O2. The van der Waals surface area contributed by atoms with Gasteiger partial charge in [0.05, 0.1) is 18.4 Å². The van der Waals surface area contributed by atoms with Crippen LogP contribution in [0, 0.1) is 0 Å². The van der Waals surface area contributed by atoms with Crippen molar-refractivity contribution in [3.05, 3.63) is 41.9 Å². The fourth-order valence-electron chi connectivity index (χ4n) is 2.45. The van der Waals surface area contributed by atoms with Crippen molar-refractivity contribution in [2.75, 3.05) is 7.11 Å². The zero-order valence-electron chi connectivity index (χ0n) is 10.9. The molecule has 1 aliphatic heterocycles. The van der Waals surface area contributed by atoms with Crippen LogP contribution in [-0.4, -0.2) is 22.6 Å². The molecule has 0 unspecified atom stereocenters. The Kier molecular flexibility index (Phi) is 3.07. The molecule has 1 aromatic carbocycles. The molecule has 1 aromatic heterocycles. The SMILES string of the molecule is COC(=O)c1ccc(-c2cn3c(n2)CCCC3)cc1. The number of fused-ring (bicyclic) bond motifs is 1. The molecule has 0 saturated heterocycles. The topological polar surface area (TPSA) is 44.1 Å². The molecule has 0 spiro atoms. The molecule has 0 N–H and O–H groups in total. The van der Waals surface area contributed by atoms with E-state index < -0.39 is 0 Å². The average molecular weight is 256 g/mol. The third-order valence-electron chi connectivity index (χ3n) is 3.51. The minimum absolute atomic E-state index is 0.310. The number of hydrogen-bond acceptors (Lipinski definition) is 3. The van der Waals surface area contributed by atoms with Crippen molar-refractivity contribution in [1.29, 1.82) is 0 Å². The minimum atomic E-state index is -0.310. The van der Waals surface area contributed by atoms with Crippen LogP contribution in [0.1, 0.15) is 29.0 Å². The number of carbonyl (C=O) groups is 1. The number of rotatable bonds is 2. The summed E-state index contributed by atoms with van der Waals surface area (Å²) in [5.41, 5.74) is 2.58. The molecule has 0 saturated carbocycles. The molecule has 0 aliphatic carbocycles. The monoisotopic (exact) mass is 256 g/mol. The van der Waals surface area contributed by atoms with Crippen LogP contribution in [0.3, 0.4) is 0 Å². The Morgan fingerprint density at radius 1 is 1.26 bits per heavy atom.